The van der Waals surface area contributed by atoms with Gasteiger partial charge in [0.2, 0.25) is 5.89 Å². The Morgan fingerprint density at radius 2 is 1.96 bits per heavy atom. The molecule has 0 unspecified atom stereocenters. The number of ketones is 1. The largest absolute Gasteiger partial charge is 0.482 e. The first-order chi connectivity index (χ1) is 13.0. The summed E-state index contributed by atoms with van der Waals surface area (Å²) in [6.07, 6.45) is 0. The van der Waals surface area contributed by atoms with Gasteiger partial charge in [0, 0.05) is 11.1 Å². The van der Waals surface area contributed by atoms with Crippen LogP contribution in [-0.2, 0) is 11.3 Å². The first-order valence-electron chi connectivity index (χ1n) is 7.93. The van der Waals surface area contributed by atoms with Crippen molar-refractivity contribution in [2.75, 3.05) is 11.9 Å². The van der Waals surface area contributed by atoms with Crippen molar-refractivity contribution < 1.29 is 23.1 Å². The molecule has 1 aromatic heterocycles. The third-order valence-electron chi connectivity index (χ3n) is 3.93. The van der Waals surface area contributed by atoms with E-state index in [0.29, 0.717) is 17.0 Å². The quantitative estimate of drug-likeness (QED) is 0.704. The van der Waals surface area contributed by atoms with Crippen LogP contribution in [-0.4, -0.2) is 28.1 Å². The SMILES string of the molecule is O=C1COc2ccc(C(=O)Cn3nc(-c4ccc(F)cc4)oc3=O)cc2N1. The van der Waals surface area contributed by atoms with Crippen molar-refractivity contribution in [2.45, 2.75) is 6.54 Å². The van der Waals surface area contributed by atoms with Crippen molar-refractivity contribution in [3.63, 3.8) is 0 Å². The summed E-state index contributed by atoms with van der Waals surface area (Å²) in [5, 5.41) is 6.59. The van der Waals surface area contributed by atoms with Crippen LogP contribution in [0.2, 0.25) is 0 Å². The van der Waals surface area contributed by atoms with Gasteiger partial charge in [-0.3, -0.25) is 9.59 Å². The van der Waals surface area contributed by atoms with Crippen LogP contribution in [0.15, 0.2) is 51.7 Å². The number of ether oxygens (including phenoxy) is 1. The van der Waals surface area contributed by atoms with Gasteiger partial charge < -0.3 is 14.5 Å². The second kappa shape index (κ2) is 6.52. The highest BCUT2D eigenvalue weighted by Crippen LogP contribution is 2.28. The van der Waals surface area contributed by atoms with E-state index in [1.54, 1.807) is 6.07 Å². The van der Waals surface area contributed by atoms with Crippen LogP contribution < -0.4 is 15.8 Å². The number of hydrogen-bond donors (Lipinski definition) is 1. The molecule has 0 radical (unpaired) electrons. The monoisotopic (exact) mass is 369 g/mol. The molecule has 0 saturated heterocycles. The molecule has 1 aliphatic heterocycles. The van der Waals surface area contributed by atoms with E-state index in [1.807, 2.05) is 0 Å². The average Bonchev–Trinajstić information content (AvgIpc) is 3.02. The second-order valence-corrected chi connectivity index (χ2v) is 5.81. The van der Waals surface area contributed by atoms with Crippen LogP contribution in [0.4, 0.5) is 10.1 Å². The molecule has 0 spiro atoms. The van der Waals surface area contributed by atoms with E-state index in [0.717, 1.165) is 4.68 Å². The molecule has 8 nitrogen and oxygen atoms in total. The molecule has 2 aromatic carbocycles. The molecule has 9 heteroatoms. The Hall–Kier alpha value is -3.75. The number of benzene rings is 2. The van der Waals surface area contributed by atoms with Crippen molar-refractivity contribution in [1.82, 2.24) is 9.78 Å². The molecular formula is C18H12FN3O5. The molecule has 1 aliphatic rings. The summed E-state index contributed by atoms with van der Waals surface area (Å²) in [5.74, 6) is -1.51. The number of rotatable bonds is 4. The zero-order valence-corrected chi connectivity index (χ0v) is 13.8. The van der Waals surface area contributed by atoms with E-state index in [4.69, 9.17) is 9.15 Å². The van der Waals surface area contributed by atoms with E-state index in [-0.39, 0.29) is 30.5 Å². The summed E-state index contributed by atoms with van der Waals surface area (Å²) < 4.78 is 24.1. The number of hydrogen-bond acceptors (Lipinski definition) is 6. The standard InChI is InChI=1S/C18H12FN3O5/c19-12-4-1-10(2-5-12)17-21-22(18(25)27-17)8-14(23)11-3-6-15-13(7-11)20-16(24)9-26-15/h1-7H,8-9H2,(H,20,24). The predicted molar refractivity (Wildman–Crippen MR) is 91.1 cm³/mol. The number of halogens is 1. The van der Waals surface area contributed by atoms with E-state index in [2.05, 4.69) is 10.4 Å². The van der Waals surface area contributed by atoms with E-state index in [9.17, 15) is 18.8 Å². The third-order valence-corrected chi connectivity index (χ3v) is 3.93. The van der Waals surface area contributed by atoms with Gasteiger partial charge in [0.1, 0.15) is 18.1 Å². The maximum Gasteiger partial charge on any atom is 0.437 e. The number of aromatic nitrogens is 2. The minimum Gasteiger partial charge on any atom is -0.482 e. The van der Waals surface area contributed by atoms with Crippen molar-refractivity contribution in [3.05, 3.63) is 64.4 Å². The fourth-order valence-corrected chi connectivity index (χ4v) is 2.60. The Balaban J connectivity index is 1.57. The van der Waals surface area contributed by atoms with Gasteiger partial charge >= 0.3 is 5.76 Å². The van der Waals surface area contributed by atoms with Gasteiger partial charge in [-0.2, -0.15) is 4.68 Å². The first kappa shape index (κ1) is 16.7. The Morgan fingerprint density at radius 3 is 2.74 bits per heavy atom. The molecule has 2 heterocycles. The minimum atomic E-state index is -0.808. The molecular weight excluding hydrogens is 357 g/mol. The molecule has 0 bridgehead atoms. The van der Waals surface area contributed by atoms with Crippen molar-refractivity contribution in [2.24, 2.45) is 0 Å². The highest BCUT2D eigenvalue weighted by atomic mass is 19.1. The van der Waals surface area contributed by atoms with Crippen LogP contribution in [0.25, 0.3) is 11.5 Å². The highest BCUT2D eigenvalue weighted by Gasteiger charge is 2.19. The number of nitrogens with one attached hydrogen (secondary N) is 1. The number of anilines is 1. The Bertz CT molecular complexity index is 1100. The maximum absolute atomic E-state index is 13.0. The molecule has 27 heavy (non-hydrogen) atoms. The number of amides is 1. The zero-order valence-electron chi connectivity index (χ0n) is 13.8. The lowest BCUT2D eigenvalue weighted by molar-refractivity contribution is -0.118. The van der Waals surface area contributed by atoms with Gasteiger partial charge in [-0.25, -0.2) is 9.18 Å². The van der Waals surface area contributed by atoms with Gasteiger partial charge in [-0.1, -0.05) is 0 Å². The normalized spacial score (nSPS) is 12.9. The maximum atomic E-state index is 13.0. The summed E-state index contributed by atoms with van der Waals surface area (Å²) in [4.78, 5) is 35.8. The van der Waals surface area contributed by atoms with Gasteiger partial charge in [-0.15, -0.1) is 5.10 Å². The molecule has 0 aliphatic carbocycles. The molecule has 1 N–H and O–H groups in total. The number of carbonyl (C=O) groups is 2. The van der Waals surface area contributed by atoms with E-state index in [1.165, 1.54) is 36.4 Å². The predicted octanol–water partition coefficient (Wildman–Crippen LogP) is 1.86. The number of carbonyl (C=O) groups excluding carboxylic acids is 2. The number of Topliss-reactive ketones (excluding diaryl/α,β-unsaturated/α-hetero) is 1. The molecule has 4 rings (SSSR count). The third kappa shape index (κ3) is 3.34. The molecule has 0 atom stereocenters. The molecule has 3 aromatic rings. The summed E-state index contributed by atoms with van der Waals surface area (Å²) in [5.41, 5.74) is 1.07. The van der Waals surface area contributed by atoms with Crippen LogP contribution in [0.3, 0.4) is 0 Å². The lowest BCUT2D eigenvalue weighted by Crippen LogP contribution is -2.26. The zero-order chi connectivity index (χ0) is 19.0. The van der Waals surface area contributed by atoms with Crippen molar-refractivity contribution >= 4 is 17.4 Å². The topological polar surface area (TPSA) is 103 Å². The van der Waals surface area contributed by atoms with Gasteiger partial charge in [0.15, 0.2) is 12.4 Å². The van der Waals surface area contributed by atoms with Gasteiger partial charge in [0.25, 0.3) is 5.91 Å². The summed E-state index contributed by atoms with van der Waals surface area (Å²) in [6.45, 7) is -0.433. The van der Waals surface area contributed by atoms with E-state index < -0.39 is 17.4 Å². The van der Waals surface area contributed by atoms with Gasteiger partial charge in [-0.05, 0) is 42.5 Å². The lowest BCUT2D eigenvalue weighted by Gasteiger charge is -2.18. The molecule has 136 valence electrons. The summed E-state index contributed by atoms with van der Waals surface area (Å²) >= 11 is 0. The van der Waals surface area contributed by atoms with E-state index >= 15 is 0 Å². The lowest BCUT2D eigenvalue weighted by atomic mass is 10.1. The molecule has 0 fully saturated rings. The van der Waals surface area contributed by atoms with Crippen LogP contribution in [0.5, 0.6) is 5.75 Å². The Labute approximate surface area is 151 Å². The number of nitrogens with zero attached hydrogens (tertiary/aromatic N) is 2. The second-order valence-electron chi connectivity index (χ2n) is 5.81. The van der Waals surface area contributed by atoms with Crippen LogP contribution >= 0.6 is 0 Å². The summed E-state index contributed by atoms with van der Waals surface area (Å²) in [6, 6.07) is 9.83. The van der Waals surface area contributed by atoms with Crippen molar-refractivity contribution in [3.8, 4) is 17.2 Å². The Morgan fingerprint density at radius 1 is 1.19 bits per heavy atom. The van der Waals surface area contributed by atoms with Crippen LogP contribution in [0, 0.1) is 5.82 Å². The highest BCUT2D eigenvalue weighted by molar-refractivity contribution is 6.00. The minimum absolute atomic E-state index is 0.0149. The van der Waals surface area contributed by atoms with Crippen molar-refractivity contribution in [1.29, 1.82) is 0 Å². The fraction of sp³-hybridized carbons (Fsp3) is 0.111. The molecule has 0 saturated carbocycles. The van der Waals surface area contributed by atoms with Crippen LogP contribution in [0.1, 0.15) is 10.4 Å². The first-order valence-corrected chi connectivity index (χ1v) is 7.93. The van der Waals surface area contributed by atoms with Gasteiger partial charge in [0.05, 0.1) is 5.69 Å². The average molecular weight is 369 g/mol. The fourth-order valence-electron chi connectivity index (χ4n) is 2.60. The Kier molecular flexibility index (Phi) is 4.03. The number of fused-ring (bicyclic) bond motifs is 1. The molecule has 1 amide bonds. The summed E-state index contributed by atoms with van der Waals surface area (Å²) in [7, 11) is 0. The smallest absolute Gasteiger partial charge is 0.437 e.